The van der Waals surface area contributed by atoms with Gasteiger partial charge in [-0.1, -0.05) is 17.7 Å². The van der Waals surface area contributed by atoms with Crippen molar-refractivity contribution in [2.75, 3.05) is 50.6 Å². The molecule has 1 aromatic heterocycles. The maximum Gasteiger partial charge on any atom is 0.288 e. The largest absolute Gasteiger partial charge is 0.495 e. The number of aromatic nitrogens is 2. The molecular weight excluding hydrogens is 432 g/mol. The Kier molecular flexibility index (Phi) is 7.39. The highest BCUT2D eigenvalue weighted by Gasteiger charge is 2.29. The van der Waals surface area contributed by atoms with Crippen molar-refractivity contribution in [3.8, 4) is 5.75 Å². The zero-order valence-corrected chi connectivity index (χ0v) is 19.4. The lowest BCUT2D eigenvalue weighted by atomic mass is 10.1. The number of hydrogen-bond donors (Lipinski definition) is 3. The summed E-state index contributed by atoms with van der Waals surface area (Å²) in [6.45, 7) is 5.85. The quantitative estimate of drug-likeness (QED) is 0.607. The van der Waals surface area contributed by atoms with E-state index in [0.717, 1.165) is 51.1 Å². The Balaban J connectivity index is 1.74. The minimum absolute atomic E-state index is 0.107. The van der Waals surface area contributed by atoms with E-state index in [-0.39, 0.29) is 11.9 Å². The predicted molar refractivity (Wildman–Crippen MR) is 125 cm³/mol. The standard InChI is InChI=1S/C22H31ClN6O3/c1-3-29-21(30)19-20(24-9-4-10-25-29)27-22(26-16-7-11-32-12-8-16)28(19)14-15-5-6-18(31-2)17(23)13-15/h5-6,13,16,24-25H,3-4,7-12,14H2,1-2H3,(H,26,27). The fourth-order valence-corrected chi connectivity index (χ4v) is 4.32. The number of carbonyl (C=O) groups is 1. The van der Waals surface area contributed by atoms with Gasteiger partial charge in [-0.2, -0.15) is 4.98 Å². The van der Waals surface area contributed by atoms with Gasteiger partial charge in [0.2, 0.25) is 5.95 Å². The van der Waals surface area contributed by atoms with Crippen LogP contribution < -0.4 is 20.8 Å². The first-order chi connectivity index (χ1) is 15.6. The fraction of sp³-hybridized carbons (Fsp3) is 0.545. The summed E-state index contributed by atoms with van der Waals surface area (Å²) in [5, 5.41) is 9.11. The van der Waals surface area contributed by atoms with E-state index in [4.69, 9.17) is 26.1 Å². The lowest BCUT2D eigenvalue weighted by molar-refractivity contribution is 0.0663. The summed E-state index contributed by atoms with van der Waals surface area (Å²) >= 11 is 6.38. The topological polar surface area (TPSA) is 92.7 Å². The maximum atomic E-state index is 13.5. The van der Waals surface area contributed by atoms with E-state index in [1.807, 2.05) is 29.7 Å². The average molecular weight is 463 g/mol. The monoisotopic (exact) mass is 462 g/mol. The number of carbonyl (C=O) groups excluding carboxylic acids is 1. The third kappa shape index (κ3) is 4.95. The number of fused-ring (bicyclic) bond motifs is 1. The van der Waals surface area contributed by atoms with Gasteiger partial charge in [0, 0.05) is 38.9 Å². The molecule has 0 aliphatic carbocycles. The minimum Gasteiger partial charge on any atom is -0.495 e. The van der Waals surface area contributed by atoms with Gasteiger partial charge in [-0.15, -0.1) is 0 Å². The summed E-state index contributed by atoms with van der Waals surface area (Å²) in [5.41, 5.74) is 4.72. The molecule has 2 aliphatic heterocycles. The number of imidazole rings is 1. The second kappa shape index (κ2) is 10.4. The number of rotatable bonds is 6. The molecule has 3 N–H and O–H groups in total. The number of amides is 1. The molecule has 3 heterocycles. The number of anilines is 2. The Morgan fingerprint density at radius 3 is 2.84 bits per heavy atom. The molecule has 0 radical (unpaired) electrons. The average Bonchev–Trinajstić information content (AvgIpc) is 3.15. The number of hydrogen-bond acceptors (Lipinski definition) is 7. The first-order valence-electron chi connectivity index (χ1n) is 11.2. The Hall–Kier alpha value is -2.49. The van der Waals surface area contributed by atoms with Gasteiger partial charge in [0.05, 0.1) is 18.7 Å². The predicted octanol–water partition coefficient (Wildman–Crippen LogP) is 2.97. The summed E-state index contributed by atoms with van der Waals surface area (Å²) in [4.78, 5) is 18.4. The number of benzene rings is 1. The third-order valence-corrected chi connectivity index (χ3v) is 6.09. The van der Waals surface area contributed by atoms with Gasteiger partial charge in [0.1, 0.15) is 5.75 Å². The van der Waals surface area contributed by atoms with Gasteiger partial charge in [-0.3, -0.25) is 14.4 Å². The van der Waals surface area contributed by atoms with Gasteiger partial charge in [0.25, 0.3) is 5.91 Å². The Labute approximate surface area is 193 Å². The lowest BCUT2D eigenvalue weighted by Gasteiger charge is -2.25. The second-order valence-electron chi connectivity index (χ2n) is 7.96. The van der Waals surface area contributed by atoms with E-state index in [1.165, 1.54) is 0 Å². The molecular formula is C22H31ClN6O3. The molecule has 0 saturated carbocycles. The molecule has 32 heavy (non-hydrogen) atoms. The van der Waals surface area contributed by atoms with Crippen molar-refractivity contribution in [2.24, 2.45) is 0 Å². The molecule has 9 nitrogen and oxygen atoms in total. The molecule has 2 aromatic rings. The second-order valence-corrected chi connectivity index (χ2v) is 8.36. The fourth-order valence-electron chi connectivity index (χ4n) is 4.04. The molecule has 2 aliphatic rings. The SMILES string of the molecule is CCN1NCCCNc2nc(NC3CCOCC3)n(Cc3ccc(OC)c(Cl)c3)c2C1=O. The molecule has 0 bridgehead atoms. The highest BCUT2D eigenvalue weighted by Crippen LogP contribution is 2.29. The number of ether oxygens (including phenoxy) is 2. The summed E-state index contributed by atoms with van der Waals surface area (Å²) in [6, 6.07) is 5.91. The number of nitrogens with zero attached hydrogens (tertiary/aromatic N) is 3. The van der Waals surface area contributed by atoms with Crippen LogP contribution >= 0.6 is 11.6 Å². The third-order valence-electron chi connectivity index (χ3n) is 5.79. The molecule has 1 aromatic carbocycles. The van der Waals surface area contributed by atoms with Gasteiger partial charge < -0.3 is 20.1 Å². The maximum absolute atomic E-state index is 13.5. The number of halogens is 1. The summed E-state index contributed by atoms with van der Waals surface area (Å²) in [6.07, 6.45) is 2.68. The highest BCUT2D eigenvalue weighted by molar-refractivity contribution is 6.32. The van der Waals surface area contributed by atoms with Crippen LogP contribution in [0.4, 0.5) is 11.8 Å². The smallest absolute Gasteiger partial charge is 0.288 e. The van der Waals surface area contributed by atoms with Crippen LogP contribution in [0.2, 0.25) is 5.02 Å². The van der Waals surface area contributed by atoms with Gasteiger partial charge in [-0.25, -0.2) is 5.43 Å². The summed E-state index contributed by atoms with van der Waals surface area (Å²) in [7, 11) is 1.59. The number of nitrogens with one attached hydrogen (secondary N) is 3. The molecule has 1 amide bonds. The van der Waals surface area contributed by atoms with E-state index < -0.39 is 0 Å². The van der Waals surface area contributed by atoms with Crippen LogP contribution in [-0.4, -0.2) is 66.5 Å². The summed E-state index contributed by atoms with van der Waals surface area (Å²) in [5.74, 6) is 1.79. The van der Waals surface area contributed by atoms with Crippen LogP contribution in [0.3, 0.4) is 0 Å². The number of hydrazine groups is 1. The molecule has 0 spiro atoms. The first kappa shape index (κ1) is 22.7. The van der Waals surface area contributed by atoms with Crippen LogP contribution in [0.25, 0.3) is 0 Å². The Bertz CT molecular complexity index is 944. The normalized spacial score (nSPS) is 17.7. The van der Waals surface area contributed by atoms with Gasteiger partial charge in [-0.05, 0) is 43.9 Å². The van der Waals surface area contributed by atoms with E-state index in [2.05, 4.69) is 16.1 Å². The zero-order chi connectivity index (χ0) is 22.5. The van der Waals surface area contributed by atoms with Crippen molar-refractivity contribution < 1.29 is 14.3 Å². The van der Waals surface area contributed by atoms with Gasteiger partial charge >= 0.3 is 0 Å². The van der Waals surface area contributed by atoms with Crippen molar-refractivity contribution in [1.82, 2.24) is 20.0 Å². The van der Waals surface area contributed by atoms with E-state index in [1.54, 1.807) is 12.1 Å². The van der Waals surface area contributed by atoms with Crippen LogP contribution in [0.5, 0.6) is 5.75 Å². The minimum atomic E-state index is -0.107. The molecule has 1 fully saturated rings. The van der Waals surface area contributed by atoms with Crippen molar-refractivity contribution in [1.29, 1.82) is 0 Å². The van der Waals surface area contributed by atoms with E-state index >= 15 is 0 Å². The Morgan fingerprint density at radius 1 is 1.31 bits per heavy atom. The van der Waals surface area contributed by atoms with Crippen LogP contribution in [0.15, 0.2) is 18.2 Å². The number of methoxy groups -OCH3 is 1. The van der Waals surface area contributed by atoms with Crippen molar-refractivity contribution in [3.05, 3.63) is 34.5 Å². The van der Waals surface area contributed by atoms with Crippen LogP contribution in [0.1, 0.15) is 42.2 Å². The molecule has 1 saturated heterocycles. The lowest BCUT2D eigenvalue weighted by Crippen LogP contribution is -2.43. The Morgan fingerprint density at radius 2 is 2.12 bits per heavy atom. The van der Waals surface area contributed by atoms with Gasteiger partial charge in [0.15, 0.2) is 11.5 Å². The van der Waals surface area contributed by atoms with Crippen LogP contribution in [-0.2, 0) is 11.3 Å². The van der Waals surface area contributed by atoms with Crippen molar-refractivity contribution in [2.45, 2.75) is 38.8 Å². The van der Waals surface area contributed by atoms with E-state index in [9.17, 15) is 4.79 Å². The van der Waals surface area contributed by atoms with Crippen molar-refractivity contribution >= 4 is 29.3 Å². The first-order valence-corrected chi connectivity index (χ1v) is 11.5. The van der Waals surface area contributed by atoms with Crippen molar-refractivity contribution in [3.63, 3.8) is 0 Å². The van der Waals surface area contributed by atoms with E-state index in [0.29, 0.717) is 41.3 Å². The molecule has 10 heteroatoms. The molecule has 4 rings (SSSR count). The highest BCUT2D eigenvalue weighted by atomic mass is 35.5. The molecule has 174 valence electrons. The molecule has 0 unspecified atom stereocenters. The summed E-state index contributed by atoms with van der Waals surface area (Å²) < 4.78 is 12.7. The zero-order valence-electron chi connectivity index (χ0n) is 18.6. The molecule has 0 atom stereocenters. The van der Waals surface area contributed by atoms with Crippen LogP contribution in [0, 0.1) is 0 Å².